The van der Waals surface area contributed by atoms with E-state index in [4.69, 9.17) is 23.7 Å². The van der Waals surface area contributed by atoms with E-state index in [1.807, 2.05) is 36.4 Å². The van der Waals surface area contributed by atoms with Crippen LogP contribution < -0.4 is 4.74 Å². The molecule has 0 saturated carbocycles. The van der Waals surface area contributed by atoms with E-state index in [9.17, 15) is 0 Å². The van der Waals surface area contributed by atoms with Gasteiger partial charge in [0, 0.05) is 0 Å². The summed E-state index contributed by atoms with van der Waals surface area (Å²) in [6.45, 7) is 16.5. The molecule has 1 aliphatic rings. The Bertz CT molecular complexity index is 684. The van der Waals surface area contributed by atoms with E-state index < -0.39 is 0 Å². The molecule has 0 aromatic heterocycles. The highest BCUT2D eigenvalue weighted by atomic mass is 16.6. The first kappa shape index (κ1) is 25.1. The molecule has 0 spiro atoms. The van der Waals surface area contributed by atoms with Gasteiger partial charge in [-0.25, -0.2) is 0 Å². The van der Waals surface area contributed by atoms with Crippen LogP contribution in [0.15, 0.2) is 74.9 Å². The molecule has 0 bridgehead atoms. The molecule has 31 heavy (non-hydrogen) atoms. The van der Waals surface area contributed by atoms with Crippen LogP contribution in [0.1, 0.15) is 24.8 Å². The van der Waals surface area contributed by atoms with Crippen LogP contribution in [0, 0.1) is 0 Å². The molecule has 0 amide bonds. The van der Waals surface area contributed by atoms with Crippen molar-refractivity contribution in [3.63, 3.8) is 0 Å². The van der Waals surface area contributed by atoms with Crippen LogP contribution in [-0.4, -0.2) is 50.8 Å². The molecule has 1 saturated heterocycles. The molecule has 5 atom stereocenters. The van der Waals surface area contributed by atoms with Gasteiger partial charge in [-0.1, -0.05) is 36.4 Å². The SMILES string of the molecule is C=CCC[C@H]1O[C@@H](CC=C)[C@H](OCC=C)[C@@H](OCc2ccc(OC)cc2)[C@@H]1OCC=C. The van der Waals surface area contributed by atoms with Gasteiger partial charge in [0.15, 0.2) is 0 Å². The van der Waals surface area contributed by atoms with Crippen LogP contribution >= 0.6 is 0 Å². The largest absolute Gasteiger partial charge is 0.497 e. The lowest BCUT2D eigenvalue weighted by molar-refractivity contribution is -0.256. The fourth-order valence-electron chi connectivity index (χ4n) is 3.72. The Hall–Kier alpha value is -2.18. The summed E-state index contributed by atoms with van der Waals surface area (Å²) in [4.78, 5) is 0. The van der Waals surface area contributed by atoms with Gasteiger partial charge in [0.2, 0.25) is 0 Å². The molecule has 1 aliphatic heterocycles. The van der Waals surface area contributed by atoms with Crippen LogP contribution in [0.5, 0.6) is 5.75 Å². The van der Waals surface area contributed by atoms with Gasteiger partial charge >= 0.3 is 0 Å². The molecule has 0 radical (unpaired) electrons. The number of hydrogen-bond acceptors (Lipinski definition) is 5. The van der Waals surface area contributed by atoms with Gasteiger partial charge < -0.3 is 23.7 Å². The quantitative estimate of drug-likeness (QED) is 0.367. The van der Waals surface area contributed by atoms with Crippen molar-refractivity contribution in [3.05, 3.63) is 80.4 Å². The average Bonchev–Trinajstić information content (AvgIpc) is 2.80. The van der Waals surface area contributed by atoms with Gasteiger partial charge in [-0.2, -0.15) is 0 Å². The fraction of sp³-hybridized carbons (Fsp3) is 0.462. The number of ether oxygens (including phenoxy) is 5. The Morgan fingerprint density at radius 2 is 1.45 bits per heavy atom. The third-order valence-electron chi connectivity index (χ3n) is 5.20. The number of rotatable bonds is 15. The normalized spacial score (nSPS) is 25.5. The smallest absolute Gasteiger partial charge is 0.118 e. The maximum absolute atomic E-state index is 6.45. The van der Waals surface area contributed by atoms with Crippen molar-refractivity contribution in [2.75, 3.05) is 20.3 Å². The van der Waals surface area contributed by atoms with E-state index in [1.54, 1.807) is 19.3 Å². The predicted octanol–water partition coefficient (Wildman–Crippen LogP) is 5.03. The maximum atomic E-state index is 6.45. The number of allylic oxidation sites excluding steroid dienone is 1. The first-order chi connectivity index (χ1) is 15.2. The zero-order chi connectivity index (χ0) is 22.5. The maximum Gasteiger partial charge on any atom is 0.118 e. The first-order valence-corrected chi connectivity index (χ1v) is 10.7. The second-order valence-corrected chi connectivity index (χ2v) is 7.40. The molecule has 0 N–H and O–H groups in total. The second kappa shape index (κ2) is 14.0. The minimum atomic E-state index is -0.324. The molecule has 1 fully saturated rings. The summed E-state index contributed by atoms with van der Waals surface area (Å²) in [6.07, 6.45) is 8.21. The summed E-state index contributed by atoms with van der Waals surface area (Å²) in [7, 11) is 1.65. The monoisotopic (exact) mass is 428 g/mol. The molecule has 2 rings (SSSR count). The Kier molecular flexibility index (Phi) is 11.3. The molecular formula is C26H36O5. The number of hydrogen-bond donors (Lipinski definition) is 0. The Morgan fingerprint density at radius 3 is 2.00 bits per heavy atom. The molecule has 1 aromatic carbocycles. The number of benzene rings is 1. The third-order valence-corrected chi connectivity index (χ3v) is 5.20. The van der Waals surface area contributed by atoms with Crippen molar-refractivity contribution in [3.8, 4) is 5.75 Å². The van der Waals surface area contributed by atoms with Gasteiger partial charge in [-0.05, 0) is 37.0 Å². The Labute approximate surface area is 187 Å². The van der Waals surface area contributed by atoms with Gasteiger partial charge in [-0.15, -0.1) is 26.3 Å². The highest BCUT2D eigenvalue weighted by Crippen LogP contribution is 2.32. The van der Waals surface area contributed by atoms with Crippen molar-refractivity contribution in [1.82, 2.24) is 0 Å². The Balaban J connectivity index is 2.28. The van der Waals surface area contributed by atoms with Gasteiger partial charge in [0.25, 0.3) is 0 Å². The second-order valence-electron chi connectivity index (χ2n) is 7.40. The van der Waals surface area contributed by atoms with Gasteiger partial charge in [-0.3, -0.25) is 0 Å². The lowest BCUT2D eigenvalue weighted by Gasteiger charge is -2.46. The topological polar surface area (TPSA) is 46.2 Å². The summed E-state index contributed by atoms with van der Waals surface area (Å²) in [5.74, 6) is 0.810. The lowest BCUT2D eigenvalue weighted by Crippen LogP contribution is -2.60. The minimum absolute atomic E-state index is 0.146. The van der Waals surface area contributed by atoms with Crippen molar-refractivity contribution in [1.29, 1.82) is 0 Å². The van der Waals surface area contributed by atoms with Crippen LogP contribution in [0.2, 0.25) is 0 Å². The molecule has 0 unspecified atom stereocenters. The van der Waals surface area contributed by atoms with Crippen molar-refractivity contribution >= 4 is 0 Å². The summed E-state index contributed by atoms with van der Waals surface area (Å²) in [5.41, 5.74) is 1.04. The molecule has 170 valence electrons. The molecule has 1 heterocycles. The van der Waals surface area contributed by atoms with E-state index in [0.29, 0.717) is 26.2 Å². The van der Waals surface area contributed by atoms with Gasteiger partial charge in [0.1, 0.15) is 24.1 Å². The Morgan fingerprint density at radius 1 is 0.806 bits per heavy atom. The first-order valence-electron chi connectivity index (χ1n) is 10.7. The zero-order valence-electron chi connectivity index (χ0n) is 18.6. The highest BCUT2D eigenvalue weighted by molar-refractivity contribution is 5.26. The summed E-state index contributed by atoms with van der Waals surface area (Å²) >= 11 is 0. The molecule has 5 nitrogen and oxygen atoms in total. The van der Waals surface area contributed by atoms with Crippen LogP contribution in [0.25, 0.3) is 0 Å². The van der Waals surface area contributed by atoms with E-state index in [1.165, 1.54) is 0 Å². The van der Waals surface area contributed by atoms with Crippen LogP contribution in [0.4, 0.5) is 0 Å². The van der Waals surface area contributed by atoms with Crippen molar-refractivity contribution in [2.24, 2.45) is 0 Å². The molecule has 0 aliphatic carbocycles. The fourth-order valence-corrected chi connectivity index (χ4v) is 3.72. The molecular weight excluding hydrogens is 392 g/mol. The highest BCUT2D eigenvalue weighted by Gasteiger charge is 2.47. The van der Waals surface area contributed by atoms with Crippen molar-refractivity contribution in [2.45, 2.75) is 56.4 Å². The average molecular weight is 429 g/mol. The van der Waals surface area contributed by atoms with E-state index in [-0.39, 0.29) is 30.5 Å². The summed E-state index contributed by atoms with van der Waals surface area (Å²) in [5, 5.41) is 0. The standard InChI is InChI=1S/C26H36O5/c1-6-10-12-23-25(29-18-9-4)26(24(28-17-8-3)22(31-23)11-7-2)30-19-20-13-15-21(27-5)16-14-20/h6-9,13-16,22-26H,1-4,10-12,17-19H2,5H3/t22-,23+,24-,25+,26+/m0/s1. The summed E-state index contributed by atoms with van der Waals surface area (Å²) in [6, 6.07) is 7.84. The molecule has 5 heteroatoms. The van der Waals surface area contributed by atoms with Crippen LogP contribution in [0.3, 0.4) is 0 Å². The van der Waals surface area contributed by atoms with E-state index in [2.05, 4.69) is 26.3 Å². The third kappa shape index (κ3) is 7.47. The lowest BCUT2D eigenvalue weighted by atomic mass is 9.90. The zero-order valence-corrected chi connectivity index (χ0v) is 18.6. The van der Waals surface area contributed by atoms with E-state index >= 15 is 0 Å². The van der Waals surface area contributed by atoms with Gasteiger partial charge in [0.05, 0.1) is 39.1 Å². The number of methoxy groups -OCH3 is 1. The van der Waals surface area contributed by atoms with Crippen LogP contribution in [-0.2, 0) is 25.6 Å². The van der Waals surface area contributed by atoms with Crippen molar-refractivity contribution < 1.29 is 23.7 Å². The predicted molar refractivity (Wildman–Crippen MR) is 124 cm³/mol. The van der Waals surface area contributed by atoms with E-state index in [0.717, 1.165) is 24.2 Å². The molecule has 1 aromatic rings. The summed E-state index contributed by atoms with van der Waals surface area (Å²) < 4.78 is 30.4. The minimum Gasteiger partial charge on any atom is -0.497 e.